The Labute approximate surface area is 174 Å². The minimum absolute atomic E-state index is 0.0238. The number of nitrogens with zero attached hydrogens (tertiary/aromatic N) is 1. The molecule has 1 aliphatic heterocycles. The minimum Gasteiger partial charge on any atom is -0.508 e. The van der Waals surface area contributed by atoms with Crippen molar-refractivity contribution >= 4 is 17.0 Å². The first-order valence-corrected chi connectivity index (χ1v) is 9.71. The summed E-state index contributed by atoms with van der Waals surface area (Å²) in [5, 5.41) is 21.0. The number of ether oxygens (including phenoxy) is 2. The number of rotatable bonds is 3. The average molecular weight is 399 g/mol. The van der Waals surface area contributed by atoms with Crippen LogP contribution in [0.1, 0.15) is 11.1 Å². The Hall–Kier alpha value is -3.86. The summed E-state index contributed by atoms with van der Waals surface area (Å²) in [5.41, 5.74) is 4.85. The second kappa shape index (κ2) is 6.88. The standard InChI is InChI=1S/C25H21NO4/c1-26-20-9-6-10-22(29-2)24(20)19(25(26)15-7-4-3-5-8-15)14-17-13-18-21(28)11-16(27)12-23(18)30-17/h3-12,14,27-28H,13H2,1-2H3/b17-14-. The zero-order valence-corrected chi connectivity index (χ0v) is 16.7. The maximum Gasteiger partial charge on any atom is 0.137 e. The topological polar surface area (TPSA) is 63.9 Å². The van der Waals surface area contributed by atoms with Crippen molar-refractivity contribution in [3.05, 3.63) is 77.5 Å². The Kier molecular flexibility index (Phi) is 4.17. The average Bonchev–Trinajstić information content (AvgIpc) is 3.28. The smallest absolute Gasteiger partial charge is 0.137 e. The summed E-state index contributed by atoms with van der Waals surface area (Å²) in [7, 11) is 3.71. The summed E-state index contributed by atoms with van der Waals surface area (Å²) >= 11 is 0. The predicted molar refractivity (Wildman–Crippen MR) is 117 cm³/mol. The van der Waals surface area contributed by atoms with Crippen molar-refractivity contribution in [2.24, 2.45) is 7.05 Å². The van der Waals surface area contributed by atoms with Crippen molar-refractivity contribution in [1.82, 2.24) is 4.57 Å². The van der Waals surface area contributed by atoms with Gasteiger partial charge in [0.25, 0.3) is 0 Å². The summed E-state index contributed by atoms with van der Waals surface area (Å²) < 4.78 is 13.8. The summed E-state index contributed by atoms with van der Waals surface area (Å²) in [6.45, 7) is 0. The molecule has 0 spiro atoms. The second-order valence-electron chi connectivity index (χ2n) is 7.37. The molecule has 0 saturated heterocycles. The molecule has 0 amide bonds. The Morgan fingerprint density at radius 2 is 1.83 bits per heavy atom. The van der Waals surface area contributed by atoms with Gasteiger partial charge in [0.05, 0.1) is 18.3 Å². The van der Waals surface area contributed by atoms with E-state index in [9.17, 15) is 10.2 Å². The molecular weight excluding hydrogens is 378 g/mol. The van der Waals surface area contributed by atoms with E-state index in [-0.39, 0.29) is 11.5 Å². The van der Waals surface area contributed by atoms with Crippen LogP contribution in [0.3, 0.4) is 0 Å². The van der Waals surface area contributed by atoms with Gasteiger partial charge in [-0.3, -0.25) is 0 Å². The van der Waals surface area contributed by atoms with Crippen LogP contribution >= 0.6 is 0 Å². The number of phenolic OH excluding ortho intramolecular Hbond substituents is 2. The molecular formula is C25H21NO4. The van der Waals surface area contributed by atoms with Gasteiger partial charge >= 0.3 is 0 Å². The zero-order chi connectivity index (χ0) is 20.8. The number of allylic oxidation sites excluding steroid dienone is 1. The van der Waals surface area contributed by atoms with E-state index in [2.05, 4.69) is 22.8 Å². The van der Waals surface area contributed by atoms with Crippen LogP contribution in [0, 0.1) is 0 Å². The highest BCUT2D eigenvalue weighted by molar-refractivity contribution is 6.01. The largest absolute Gasteiger partial charge is 0.508 e. The van der Waals surface area contributed by atoms with E-state index >= 15 is 0 Å². The van der Waals surface area contributed by atoms with Gasteiger partial charge in [-0.2, -0.15) is 0 Å². The van der Waals surface area contributed by atoms with Crippen molar-refractivity contribution in [1.29, 1.82) is 0 Å². The zero-order valence-electron chi connectivity index (χ0n) is 16.7. The number of hydrogen-bond acceptors (Lipinski definition) is 4. The van der Waals surface area contributed by atoms with Gasteiger partial charge in [0.2, 0.25) is 0 Å². The lowest BCUT2D eigenvalue weighted by Crippen LogP contribution is -1.93. The Bertz CT molecular complexity index is 1300. The highest BCUT2D eigenvalue weighted by Crippen LogP contribution is 2.43. The third-order valence-corrected chi connectivity index (χ3v) is 5.56. The van der Waals surface area contributed by atoms with Crippen LogP contribution in [0.25, 0.3) is 28.2 Å². The van der Waals surface area contributed by atoms with Crippen LogP contribution in [0.2, 0.25) is 0 Å². The van der Waals surface area contributed by atoms with Gasteiger partial charge in [0, 0.05) is 42.1 Å². The van der Waals surface area contributed by atoms with E-state index in [0.29, 0.717) is 23.5 Å². The van der Waals surface area contributed by atoms with Gasteiger partial charge in [0.15, 0.2) is 0 Å². The SMILES string of the molecule is COc1cccc2c1c(/C=C1/Cc3c(O)cc(O)cc3O1)c(-c1ccccc1)n2C. The molecule has 0 bridgehead atoms. The minimum atomic E-state index is -0.0238. The van der Waals surface area contributed by atoms with Gasteiger partial charge in [0.1, 0.15) is 28.8 Å². The van der Waals surface area contributed by atoms with Crippen molar-refractivity contribution in [3.63, 3.8) is 0 Å². The van der Waals surface area contributed by atoms with Gasteiger partial charge in [-0.05, 0) is 23.8 Å². The summed E-state index contributed by atoms with van der Waals surface area (Å²) in [6, 6.07) is 19.1. The second-order valence-corrected chi connectivity index (χ2v) is 7.37. The van der Waals surface area contributed by atoms with Crippen molar-refractivity contribution in [2.45, 2.75) is 6.42 Å². The first-order valence-electron chi connectivity index (χ1n) is 9.71. The summed E-state index contributed by atoms with van der Waals surface area (Å²) in [4.78, 5) is 0. The number of fused-ring (bicyclic) bond motifs is 2. The molecule has 5 nitrogen and oxygen atoms in total. The highest BCUT2D eigenvalue weighted by Gasteiger charge is 2.25. The molecule has 0 unspecified atom stereocenters. The van der Waals surface area contributed by atoms with Gasteiger partial charge in [-0.1, -0.05) is 36.4 Å². The van der Waals surface area contributed by atoms with E-state index < -0.39 is 0 Å². The lowest BCUT2D eigenvalue weighted by molar-refractivity contribution is 0.420. The van der Waals surface area contributed by atoms with E-state index in [1.807, 2.05) is 43.5 Å². The van der Waals surface area contributed by atoms with Crippen LogP contribution in [-0.4, -0.2) is 21.9 Å². The third-order valence-electron chi connectivity index (χ3n) is 5.56. The Balaban J connectivity index is 1.75. The fraction of sp³-hybridized carbons (Fsp3) is 0.120. The molecule has 0 fully saturated rings. The fourth-order valence-corrected chi connectivity index (χ4v) is 4.22. The van der Waals surface area contributed by atoms with E-state index in [0.717, 1.165) is 33.5 Å². The quantitative estimate of drug-likeness (QED) is 0.494. The lowest BCUT2D eigenvalue weighted by Gasteiger charge is -2.07. The molecule has 5 rings (SSSR count). The van der Waals surface area contributed by atoms with Gasteiger partial charge in [-0.15, -0.1) is 0 Å². The molecule has 150 valence electrons. The fourth-order valence-electron chi connectivity index (χ4n) is 4.22. The molecule has 1 aromatic heterocycles. The first kappa shape index (κ1) is 18.2. The van der Waals surface area contributed by atoms with Gasteiger partial charge < -0.3 is 24.3 Å². The van der Waals surface area contributed by atoms with E-state index in [1.54, 1.807) is 7.11 Å². The third kappa shape index (κ3) is 2.78. The van der Waals surface area contributed by atoms with Gasteiger partial charge in [-0.25, -0.2) is 0 Å². The Morgan fingerprint density at radius 3 is 2.60 bits per heavy atom. The van der Waals surface area contributed by atoms with Crippen LogP contribution in [0.5, 0.6) is 23.0 Å². The molecule has 4 aromatic rings. The molecule has 5 heteroatoms. The molecule has 1 aliphatic rings. The molecule has 0 atom stereocenters. The van der Waals surface area contributed by atoms with E-state index in [4.69, 9.17) is 9.47 Å². The predicted octanol–water partition coefficient (Wildman–Crippen LogP) is 5.24. The molecule has 3 aromatic carbocycles. The first-order chi connectivity index (χ1) is 14.6. The van der Waals surface area contributed by atoms with Crippen LogP contribution in [-0.2, 0) is 13.5 Å². The van der Waals surface area contributed by atoms with Crippen LogP contribution < -0.4 is 9.47 Å². The Morgan fingerprint density at radius 1 is 1.03 bits per heavy atom. The molecule has 30 heavy (non-hydrogen) atoms. The maximum atomic E-state index is 10.2. The van der Waals surface area contributed by atoms with Crippen molar-refractivity contribution < 1.29 is 19.7 Å². The molecule has 2 N–H and O–H groups in total. The molecule has 0 radical (unpaired) electrons. The maximum absolute atomic E-state index is 10.2. The van der Waals surface area contributed by atoms with E-state index in [1.165, 1.54) is 12.1 Å². The monoisotopic (exact) mass is 399 g/mol. The van der Waals surface area contributed by atoms with Crippen molar-refractivity contribution in [3.8, 4) is 34.3 Å². The number of aromatic hydroxyl groups is 2. The molecule has 0 aliphatic carbocycles. The highest BCUT2D eigenvalue weighted by atomic mass is 16.5. The number of hydrogen-bond donors (Lipinski definition) is 2. The van der Waals surface area contributed by atoms with Crippen molar-refractivity contribution in [2.75, 3.05) is 7.11 Å². The van der Waals surface area contributed by atoms with Crippen LogP contribution in [0.4, 0.5) is 0 Å². The summed E-state index contributed by atoms with van der Waals surface area (Å²) in [5.74, 6) is 1.97. The lowest BCUT2D eigenvalue weighted by atomic mass is 10.0. The molecule has 0 saturated carbocycles. The number of aryl methyl sites for hydroxylation is 1. The number of benzene rings is 3. The number of methoxy groups -OCH3 is 1. The number of phenols is 2. The normalized spacial score (nSPS) is 14.1. The van der Waals surface area contributed by atoms with Crippen LogP contribution in [0.15, 0.2) is 66.4 Å². The number of aromatic nitrogens is 1. The molecule has 2 heterocycles. The summed E-state index contributed by atoms with van der Waals surface area (Å²) in [6.07, 6.45) is 2.45.